The number of hydrogen-bond donors (Lipinski definition) is 0. The molecule has 1 saturated heterocycles. The van der Waals surface area contributed by atoms with E-state index in [1.165, 1.54) is 5.56 Å². The molecule has 2 fully saturated rings. The van der Waals surface area contributed by atoms with Gasteiger partial charge in [0.05, 0.1) is 5.41 Å². The van der Waals surface area contributed by atoms with Crippen LogP contribution in [-0.4, -0.2) is 24.0 Å². The number of esters is 1. The highest BCUT2D eigenvalue weighted by Crippen LogP contribution is 2.66. The molecule has 2 aliphatic heterocycles. The third-order valence-corrected chi connectivity index (χ3v) is 6.56. The zero-order valence-electron chi connectivity index (χ0n) is 13.3. The van der Waals surface area contributed by atoms with Gasteiger partial charge in [-0.05, 0) is 37.8 Å². The van der Waals surface area contributed by atoms with Crippen molar-refractivity contribution in [1.29, 1.82) is 0 Å². The van der Waals surface area contributed by atoms with Gasteiger partial charge in [0, 0.05) is 17.6 Å². The largest absolute Gasteiger partial charge is 0.448 e. The first kappa shape index (κ1) is 13.8. The zero-order chi connectivity index (χ0) is 15.8. The van der Waals surface area contributed by atoms with Gasteiger partial charge in [-0.25, -0.2) is 0 Å². The Labute approximate surface area is 130 Å². The van der Waals surface area contributed by atoms with E-state index in [0.717, 1.165) is 18.5 Å². The van der Waals surface area contributed by atoms with Gasteiger partial charge in [-0.3, -0.25) is 9.59 Å². The third kappa shape index (κ3) is 1.30. The molecule has 4 heteroatoms. The molecule has 2 atom stereocenters. The summed E-state index contributed by atoms with van der Waals surface area (Å²) in [6.07, 6.45) is 2.21. The van der Waals surface area contributed by atoms with Gasteiger partial charge in [0.1, 0.15) is 0 Å². The Morgan fingerprint density at radius 1 is 1.18 bits per heavy atom. The molecule has 1 aromatic carbocycles. The first-order valence-corrected chi connectivity index (χ1v) is 7.97. The molecule has 4 nitrogen and oxygen atoms in total. The number of para-hydroxylation sites is 1. The van der Waals surface area contributed by atoms with Gasteiger partial charge in [0.15, 0.2) is 5.60 Å². The van der Waals surface area contributed by atoms with Gasteiger partial charge in [-0.1, -0.05) is 32.0 Å². The maximum Gasteiger partial charge on any atom is 0.313 e. The molecule has 22 heavy (non-hydrogen) atoms. The fourth-order valence-corrected chi connectivity index (χ4v) is 4.49. The molecular weight excluding hydrogens is 278 g/mol. The first-order chi connectivity index (χ1) is 10.3. The first-order valence-electron chi connectivity index (χ1n) is 7.97. The summed E-state index contributed by atoms with van der Waals surface area (Å²) in [6, 6.07) is 7.99. The lowest BCUT2D eigenvalue weighted by molar-refractivity contribution is -0.167. The van der Waals surface area contributed by atoms with E-state index in [-0.39, 0.29) is 11.9 Å². The summed E-state index contributed by atoms with van der Waals surface area (Å²) in [4.78, 5) is 27.5. The van der Waals surface area contributed by atoms with E-state index in [0.29, 0.717) is 13.0 Å². The average molecular weight is 299 g/mol. The minimum Gasteiger partial charge on any atom is -0.448 e. The van der Waals surface area contributed by atoms with Crippen LogP contribution in [-0.2, 0) is 20.7 Å². The summed E-state index contributed by atoms with van der Waals surface area (Å²) in [7, 11) is 0. The summed E-state index contributed by atoms with van der Waals surface area (Å²) in [6.45, 7) is 6.62. The molecule has 0 unspecified atom stereocenters. The third-order valence-electron chi connectivity index (χ3n) is 6.56. The van der Waals surface area contributed by atoms with E-state index in [1.807, 2.05) is 43.9 Å². The number of hydrogen-bond acceptors (Lipinski definition) is 3. The second-order valence-corrected chi connectivity index (χ2v) is 7.51. The molecule has 0 spiro atoms. The Balaban J connectivity index is 1.77. The van der Waals surface area contributed by atoms with Crippen molar-refractivity contribution in [3.8, 4) is 0 Å². The number of benzene rings is 1. The summed E-state index contributed by atoms with van der Waals surface area (Å²) in [5.41, 5.74) is 0.119. The molecule has 0 radical (unpaired) electrons. The van der Waals surface area contributed by atoms with Crippen LogP contribution < -0.4 is 4.90 Å². The molecule has 116 valence electrons. The van der Waals surface area contributed by atoms with E-state index >= 15 is 0 Å². The van der Waals surface area contributed by atoms with E-state index in [2.05, 4.69) is 6.07 Å². The van der Waals surface area contributed by atoms with Crippen molar-refractivity contribution in [3.63, 3.8) is 0 Å². The van der Waals surface area contributed by atoms with Gasteiger partial charge in [-0.2, -0.15) is 0 Å². The highest BCUT2D eigenvalue weighted by Gasteiger charge is 2.76. The van der Waals surface area contributed by atoms with Crippen LogP contribution >= 0.6 is 0 Å². The molecule has 0 N–H and O–H groups in total. The normalized spacial score (nSPS) is 34.7. The molecule has 0 aromatic heterocycles. The van der Waals surface area contributed by atoms with Gasteiger partial charge in [0.25, 0.3) is 5.91 Å². The van der Waals surface area contributed by atoms with Crippen molar-refractivity contribution in [2.75, 3.05) is 11.4 Å². The number of ether oxygens (including phenoxy) is 1. The van der Waals surface area contributed by atoms with Crippen molar-refractivity contribution in [3.05, 3.63) is 29.8 Å². The fourth-order valence-electron chi connectivity index (χ4n) is 4.49. The van der Waals surface area contributed by atoms with Gasteiger partial charge < -0.3 is 9.64 Å². The summed E-state index contributed by atoms with van der Waals surface area (Å²) in [5.74, 6) is -0.262. The van der Waals surface area contributed by atoms with Gasteiger partial charge in [-0.15, -0.1) is 0 Å². The average Bonchev–Trinajstić information content (AvgIpc) is 3.04. The number of anilines is 1. The highest BCUT2D eigenvalue weighted by atomic mass is 16.6. The van der Waals surface area contributed by atoms with E-state index < -0.39 is 16.4 Å². The minimum atomic E-state index is -1.00. The predicted octanol–water partition coefficient (Wildman–Crippen LogP) is 2.70. The second-order valence-electron chi connectivity index (χ2n) is 7.51. The Bertz CT molecular complexity index is 695. The quantitative estimate of drug-likeness (QED) is 0.749. The number of nitrogens with zero attached hydrogens (tertiary/aromatic N) is 1. The molecular formula is C18H21NO3. The minimum absolute atomic E-state index is 0.0444. The van der Waals surface area contributed by atoms with Crippen LogP contribution in [0.4, 0.5) is 5.69 Å². The highest BCUT2D eigenvalue weighted by molar-refractivity contribution is 6.05. The topological polar surface area (TPSA) is 46.6 Å². The van der Waals surface area contributed by atoms with Crippen LogP contribution in [0.25, 0.3) is 0 Å². The van der Waals surface area contributed by atoms with Crippen molar-refractivity contribution in [2.24, 2.45) is 10.8 Å². The summed E-state index contributed by atoms with van der Waals surface area (Å²) in [5, 5.41) is 0. The number of amides is 1. The lowest BCUT2D eigenvalue weighted by atomic mass is 9.66. The lowest BCUT2D eigenvalue weighted by Gasteiger charge is -2.38. The number of carbonyl (C=O) groups is 2. The predicted molar refractivity (Wildman–Crippen MR) is 82.4 cm³/mol. The SMILES string of the molecule is CC1(C)[C@]2(C)CC[C@]1(C(=O)N1CCc3ccccc31)OC2=O. The molecule has 3 aliphatic rings. The monoisotopic (exact) mass is 299 g/mol. The summed E-state index contributed by atoms with van der Waals surface area (Å²) < 4.78 is 5.73. The smallest absolute Gasteiger partial charge is 0.313 e. The Morgan fingerprint density at radius 2 is 1.91 bits per heavy atom. The lowest BCUT2D eigenvalue weighted by Crippen LogP contribution is -2.54. The maximum atomic E-state index is 13.3. The number of fused-ring (bicyclic) bond motifs is 3. The molecule has 2 heterocycles. The molecule has 4 rings (SSSR count). The number of carbonyl (C=O) groups excluding carboxylic acids is 2. The van der Waals surface area contributed by atoms with E-state index in [4.69, 9.17) is 4.74 Å². The van der Waals surface area contributed by atoms with Crippen LogP contribution in [0.3, 0.4) is 0 Å². The molecule has 1 aliphatic carbocycles. The van der Waals surface area contributed by atoms with Crippen molar-refractivity contribution in [2.45, 2.75) is 45.6 Å². The van der Waals surface area contributed by atoms with Crippen LogP contribution in [0, 0.1) is 10.8 Å². The Kier molecular flexibility index (Phi) is 2.46. The van der Waals surface area contributed by atoms with E-state index in [1.54, 1.807) is 0 Å². The maximum absolute atomic E-state index is 13.3. The fraction of sp³-hybridized carbons (Fsp3) is 0.556. The van der Waals surface area contributed by atoms with Gasteiger partial charge >= 0.3 is 5.97 Å². The van der Waals surface area contributed by atoms with Crippen molar-refractivity contribution in [1.82, 2.24) is 0 Å². The van der Waals surface area contributed by atoms with Crippen LogP contribution in [0.1, 0.15) is 39.2 Å². The molecule has 1 aromatic rings. The van der Waals surface area contributed by atoms with Crippen molar-refractivity contribution >= 4 is 17.6 Å². The molecule has 2 bridgehead atoms. The van der Waals surface area contributed by atoms with E-state index in [9.17, 15) is 9.59 Å². The second kappa shape index (κ2) is 3.92. The standard InChI is InChI=1S/C18H21NO3/c1-16(2)17(3)9-10-18(16,22-15(17)21)14(20)19-11-8-12-6-4-5-7-13(12)19/h4-7H,8-11H2,1-3H3/t17-,18-/m1/s1. The van der Waals surface area contributed by atoms with Crippen molar-refractivity contribution < 1.29 is 14.3 Å². The van der Waals surface area contributed by atoms with Gasteiger partial charge in [0.2, 0.25) is 0 Å². The van der Waals surface area contributed by atoms with Crippen LogP contribution in [0.2, 0.25) is 0 Å². The van der Waals surface area contributed by atoms with Crippen LogP contribution in [0.5, 0.6) is 0 Å². The molecule has 1 saturated carbocycles. The summed E-state index contributed by atoms with van der Waals surface area (Å²) >= 11 is 0. The Hall–Kier alpha value is -1.84. The number of rotatable bonds is 1. The zero-order valence-corrected chi connectivity index (χ0v) is 13.3. The Morgan fingerprint density at radius 3 is 2.55 bits per heavy atom. The van der Waals surface area contributed by atoms with Crippen LogP contribution in [0.15, 0.2) is 24.3 Å². The molecule has 1 amide bonds.